The molecule has 0 bridgehead atoms. The second-order valence-electron chi connectivity index (χ2n) is 10.6. The third-order valence-corrected chi connectivity index (χ3v) is 8.77. The predicted molar refractivity (Wildman–Crippen MR) is 167 cm³/mol. The molecule has 0 spiro atoms. The SMILES string of the molecule is CCCCCOc1ccc(C2/C(=C(\O)c3nc4c(C)cccn4c3C)C(=O)C(=O)N2c2nc3ccc(OC)cc3s2)cc1. The lowest BCUT2D eigenvalue weighted by Crippen LogP contribution is -2.29. The molecule has 0 aliphatic carbocycles. The van der Waals surface area contributed by atoms with Crippen LogP contribution in [-0.4, -0.2) is 44.9 Å². The number of anilines is 1. The van der Waals surface area contributed by atoms with Gasteiger partial charge in [-0.1, -0.05) is 49.3 Å². The Kier molecular flexibility index (Phi) is 7.62. The Morgan fingerprint density at radius 3 is 2.51 bits per heavy atom. The number of aliphatic hydroxyl groups excluding tert-OH is 1. The van der Waals surface area contributed by atoms with Gasteiger partial charge in [-0.25, -0.2) is 9.97 Å². The maximum absolute atomic E-state index is 13.8. The summed E-state index contributed by atoms with van der Waals surface area (Å²) in [6.45, 7) is 6.50. The van der Waals surface area contributed by atoms with Crippen molar-refractivity contribution >= 4 is 49.8 Å². The van der Waals surface area contributed by atoms with Crippen molar-refractivity contribution in [3.05, 3.63) is 88.9 Å². The normalized spacial score (nSPS) is 16.5. The number of thiazole rings is 1. The predicted octanol–water partition coefficient (Wildman–Crippen LogP) is 6.76. The molecule has 1 N–H and O–H groups in total. The Morgan fingerprint density at radius 2 is 1.79 bits per heavy atom. The van der Waals surface area contributed by atoms with Crippen LogP contribution in [0.2, 0.25) is 0 Å². The number of nitrogens with zero attached hydrogens (tertiary/aromatic N) is 4. The fourth-order valence-corrected chi connectivity index (χ4v) is 6.45. The smallest absolute Gasteiger partial charge is 0.301 e. The Labute approximate surface area is 253 Å². The highest BCUT2D eigenvalue weighted by atomic mass is 32.1. The third-order valence-electron chi connectivity index (χ3n) is 7.76. The maximum atomic E-state index is 13.8. The van der Waals surface area contributed by atoms with Crippen LogP contribution in [0.4, 0.5) is 5.13 Å². The van der Waals surface area contributed by atoms with Crippen molar-refractivity contribution in [1.82, 2.24) is 14.4 Å². The number of ketones is 1. The van der Waals surface area contributed by atoms with Crippen molar-refractivity contribution < 1.29 is 24.2 Å². The topological polar surface area (TPSA) is 106 Å². The van der Waals surface area contributed by atoms with Gasteiger partial charge in [-0.15, -0.1) is 0 Å². The van der Waals surface area contributed by atoms with Gasteiger partial charge >= 0.3 is 5.91 Å². The Hall–Kier alpha value is -4.70. The first-order valence-electron chi connectivity index (χ1n) is 14.2. The van der Waals surface area contributed by atoms with E-state index in [2.05, 4.69) is 11.9 Å². The number of ether oxygens (including phenoxy) is 2. The molecule has 2 aromatic carbocycles. The molecule has 1 aliphatic rings. The van der Waals surface area contributed by atoms with Gasteiger partial charge in [0.15, 0.2) is 10.9 Å². The van der Waals surface area contributed by atoms with Crippen LogP contribution in [0.15, 0.2) is 66.4 Å². The number of rotatable bonds is 9. The van der Waals surface area contributed by atoms with E-state index in [-0.39, 0.29) is 17.0 Å². The van der Waals surface area contributed by atoms with Crippen molar-refractivity contribution in [3.8, 4) is 11.5 Å². The summed E-state index contributed by atoms with van der Waals surface area (Å²) in [5, 5.41) is 12.1. The molecular weight excluding hydrogens is 564 g/mol. The van der Waals surface area contributed by atoms with Crippen LogP contribution in [0.3, 0.4) is 0 Å². The fourth-order valence-electron chi connectivity index (χ4n) is 5.43. The van der Waals surface area contributed by atoms with Gasteiger partial charge in [0.2, 0.25) is 0 Å². The highest BCUT2D eigenvalue weighted by molar-refractivity contribution is 7.22. The summed E-state index contributed by atoms with van der Waals surface area (Å²) < 4.78 is 13.9. The Bertz CT molecular complexity index is 1890. The van der Waals surface area contributed by atoms with E-state index in [1.165, 1.54) is 16.2 Å². The van der Waals surface area contributed by atoms with Crippen LogP contribution in [0.5, 0.6) is 11.5 Å². The number of fused-ring (bicyclic) bond motifs is 2. The van der Waals surface area contributed by atoms with Gasteiger partial charge in [0.05, 0.1) is 41.2 Å². The Morgan fingerprint density at radius 1 is 1.02 bits per heavy atom. The van der Waals surface area contributed by atoms with E-state index in [9.17, 15) is 14.7 Å². The monoisotopic (exact) mass is 596 g/mol. The van der Waals surface area contributed by atoms with Gasteiger partial charge in [0.25, 0.3) is 5.78 Å². The summed E-state index contributed by atoms with van der Waals surface area (Å²) in [5.41, 5.74) is 3.76. The van der Waals surface area contributed by atoms with E-state index >= 15 is 0 Å². The van der Waals surface area contributed by atoms with E-state index < -0.39 is 17.7 Å². The number of pyridine rings is 1. The van der Waals surface area contributed by atoms with Crippen molar-refractivity contribution in [1.29, 1.82) is 0 Å². The quantitative estimate of drug-likeness (QED) is 0.0867. The van der Waals surface area contributed by atoms with E-state index in [0.717, 1.165) is 29.5 Å². The first-order chi connectivity index (χ1) is 20.8. The lowest BCUT2D eigenvalue weighted by Gasteiger charge is -2.23. The van der Waals surface area contributed by atoms with E-state index in [4.69, 9.17) is 14.5 Å². The van der Waals surface area contributed by atoms with Crippen molar-refractivity contribution in [3.63, 3.8) is 0 Å². The molecule has 9 nitrogen and oxygen atoms in total. The lowest BCUT2D eigenvalue weighted by atomic mass is 9.96. The number of aliphatic hydroxyl groups is 1. The summed E-state index contributed by atoms with van der Waals surface area (Å²) in [6, 6.07) is 15.6. The molecule has 1 fully saturated rings. The van der Waals surface area contributed by atoms with Crippen LogP contribution in [0.1, 0.15) is 54.7 Å². The summed E-state index contributed by atoms with van der Waals surface area (Å²) in [6.07, 6.45) is 5.00. The number of Topliss-reactive ketones (excluding diaryl/α,β-unsaturated/α-hetero) is 1. The van der Waals surface area contributed by atoms with Gasteiger partial charge in [0, 0.05) is 6.20 Å². The third kappa shape index (κ3) is 5.01. The van der Waals surface area contributed by atoms with Gasteiger partial charge in [-0.2, -0.15) is 0 Å². The molecule has 3 aromatic heterocycles. The van der Waals surface area contributed by atoms with E-state index in [0.29, 0.717) is 45.7 Å². The molecule has 1 unspecified atom stereocenters. The largest absolute Gasteiger partial charge is 0.505 e. The molecule has 10 heteroatoms. The van der Waals surface area contributed by atoms with Gasteiger partial charge in [0.1, 0.15) is 22.8 Å². The number of carbonyl (C=O) groups is 2. The summed E-state index contributed by atoms with van der Waals surface area (Å²) in [7, 11) is 1.58. The molecule has 5 aromatic rings. The number of methoxy groups -OCH3 is 1. The number of unbranched alkanes of at least 4 members (excludes halogenated alkanes) is 2. The number of carbonyl (C=O) groups excluding carboxylic acids is 2. The number of aromatic nitrogens is 3. The number of amides is 1. The van der Waals surface area contributed by atoms with E-state index in [1.54, 1.807) is 13.2 Å². The molecule has 1 amide bonds. The molecule has 4 heterocycles. The van der Waals surface area contributed by atoms with Crippen LogP contribution in [-0.2, 0) is 9.59 Å². The zero-order chi connectivity index (χ0) is 30.2. The number of benzene rings is 2. The highest BCUT2D eigenvalue weighted by Gasteiger charge is 2.48. The number of hydrogen-bond donors (Lipinski definition) is 1. The maximum Gasteiger partial charge on any atom is 0.301 e. The van der Waals surface area contributed by atoms with Gasteiger partial charge < -0.3 is 19.0 Å². The minimum absolute atomic E-state index is 0.0392. The summed E-state index contributed by atoms with van der Waals surface area (Å²) >= 11 is 1.28. The molecule has 1 saturated heterocycles. The second kappa shape index (κ2) is 11.5. The number of aryl methyl sites for hydroxylation is 2. The molecule has 220 valence electrons. The molecule has 1 aliphatic heterocycles. The summed E-state index contributed by atoms with van der Waals surface area (Å²) in [4.78, 5) is 38.3. The average molecular weight is 597 g/mol. The molecule has 43 heavy (non-hydrogen) atoms. The van der Waals surface area contributed by atoms with Crippen molar-refractivity contribution in [2.45, 2.75) is 46.1 Å². The first-order valence-corrected chi connectivity index (χ1v) is 15.1. The lowest BCUT2D eigenvalue weighted by molar-refractivity contribution is -0.132. The van der Waals surface area contributed by atoms with Gasteiger partial charge in [-0.3, -0.25) is 14.5 Å². The minimum atomic E-state index is -0.929. The second-order valence-corrected chi connectivity index (χ2v) is 11.6. The molecule has 1 atom stereocenters. The number of hydrogen-bond acceptors (Lipinski definition) is 8. The van der Waals surface area contributed by atoms with Crippen molar-refractivity contribution in [2.75, 3.05) is 18.6 Å². The van der Waals surface area contributed by atoms with Crippen LogP contribution in [0.25, 0.3) is 21.6 Å². The first kappa shape index (κ1) is 28.4. The zero-order valence-corrected chi connectivity index (χ0v) is 25.3. The van der Waals surface area contributed by atoms with Crippen LogP contribution in [0, 0.1) is 13.8 Å². The Balaban J connectivity index is 1.49. The van der Waals surface area contributed by atoms with Crippen molar-refractivity contribution in [2.24, 2.45) is 0 Å². The van der Waals surface area contributed by atoms with Crippen LogP contribution < -0.4 is 14.4 Å². The fraction of sp³-hybridized carbons (Fsp3) is 0.273. The minimum Gasteiger partial charge on any atom is -0.505 e. The van der Waals surface area contributed by atoms with Gasteiger partial charge in [-0.05, 0) is 67.8 Å². The molecule has 0 radical (unpaired) electrons. The average Bonchev–Trinajstić information content (AvgIpc) is 3.67. The molecule has 6 rings (SSSR count). The van der Waals surface area contributed by atoms with E-state index in [1.807, 2.05) is 73.0 Å². The number of imidazole rings is 1. The van der Waals surface area contributed by atoms with Crippen LogP contribution >= 0.6 is 11.3 Å². The highest BCUT2D eigenvalue weighted by Crippen LogP contribution is 2.45. The molecular formula is C33H32N4O5S. The molecule has 0 saturated carbocycles. The summed E-state index contributed by atoms with van der Waals surface area (Å²) in [5.74, 6) is -0.541. The standard InChI is InChI=1S/C33H32N4O5S/c1-5-6-7-17-42-22-12-10-21(11-13-22)28-26(29(38)27-20(3)36-16-8-9-19(2)31(36)35-27)30(39)32(40)37(28)33-34-24-15-14-23(41-4)18-25(24)43-33/h8-16,18,28,38H,5-7,17H2,1-4H3/b29-26+. The zero-order valence-electron chi connectivity index (χ0n) is 24.5.